The Hall–Kier alpha value is -3.02. The van der Waals surface area contributed by atoms with E-state index in [1.807, 2.05) is 0 Å². The van der Waals surface area contributed by atoms with Crippen molar-refractivity contribution in [3.8, 4) is 0 Å². The molecule has 7 rings (SSSR count). The Bertz CT molecular complexity index is 1600. The lowest BCUT2D eigenvalue weighted by Gasteiger charge is -2.52. The average Bonchev–Trinajstić information content (AvgIpc) is 3.39. The fourth-order valence-electron chi connectivity index (χ4n) is 8.49. The van der Waals surface area contributed by atoms with Crippen LogP contribution in [-0.4, -0.2) is 37.1 Å². The lowest BCUT2D eigenvalue weighted by Crippen LogP contribution is -2.59. The molecule has 12 heteroatoms. The molecule has 0 aromatic heterocycles. The Labute approximate surface area is 252 Å². The summed E-state index contributed by atoms with van der Waals surface area (Å²) in [6, 6.07) is 7.65. The van der Waals surface area contributed by atoms with Crippen molar-refractivity contribution in [1.29, 1.82) is 0 Å². The Kier molecular flexibility index (Phi) is 7.03. The molecule has 0 heterocycles. The number of rotatable bonds is 6. The molecular weight excluding hydrogens is 605 g/mol. The van der Waals surface area contributed by atoms with Gasteiger partial charge in [0.25, 0.3) is 0 Å². The predicted molar refractivity (Wildman–Crippen MR) is 149 cm³/mol. The number of halogens is 5. The summed E-state index contributed by atoms with van der Waals surface area (Å²) in [4.78, 5) is 25.7. The van der Waals surface area contributed by atoms with Gasteiger partial charge < -0.3 is 10.4 Å². The maximum Gasteiger partial charge on any atom is 0.426 e. The number of amides is 1. The monoisotopic (exact) mass is 639 g/mol. The zero-order valence-corrected chi connectivity index (χ0v) is 25.0. The summed E-state index contributed by atoms with van der Waals surface area (Å²) in [5.41, 5.74) is -5.10. The van der Waals surface area contributed by atoms with E-state index in [4.69, 9.17) is 0 Å². The molecule has 0 spiro atoms. The molecule has 4 fully saturated rings. The van der Waals surface area contributed by atoms with Gasteiger partial charge in [-0.15, -0.1) is 0 Å². The molecule has 1 unspecified atom stereocenters. The van der Waals surface area contributed by atoms with Gasteiger partial charge >= 0.3 is 12.1 Å². The summed E-state index contributed by atoms with van der Waals surface area (Å²) in [6.07, 6.45) is -1.81. The number of fused-ring (bicyclic) bond motifs is 6. The molecule has 0 aliphatic heterocycles. The Morgan fingerprint density at radius 3 is 2.09 bits per heavy atom. The number of sulfone groups is 1. The lowest BCUT2D eigenvalue weighted by molar-refractivity contribution is -0.228. The Morgan fingerprint density at radius 1 is 0.909 bits per heavy atom. The van der Waals surface area contributed by atoms with Crippen molar-refractivity contribution in [2.45, 2.75) is 98.2 Å². The number of carboxylic acid groups (broad SMARTS) is 1. The summed E-state index contributed by atoms with van der Waals surface area (Å²) in [6.45, 7) is 0.428. The van der Waals surface area contributed by atoms with Gasteiger partial charge in [0.05, 0.1) is 10.3 Å². The van der Waals surface area contributed by atoms with Gasteiger partial charge in [-0.1, -0.05) is 18.2 Å². The van der Waals surface area contributed by atoms with Gasteiger partial charge in [-0.25, -0.2) is 17.2 Å². The first-order chi connectivity index (χ1) is 20.5. The van der Waals surface area contributed by atoms with Gasteiger partial charge in [0.1, 0.15) is 10.6 Å². The number of aliphatic carboxylic acids is 1. The third-order valence-electron chi connectivity index (χ3n) is 11.3. The number of hydrogen-bond acceptors (Lipinski definition) is 4. The summed E-state index contributed by atoms with van der Waals surface area (Å²) in [7, 11) is -4.33. The molecule has 2 aromatic carbocycles. The Morgan fingerprint density at radius 2 is 1.52 bits per heavy atom. The first-order valence-corrected chi connectivity index (χ1v) is 16.4. The summed E-state index contributed by atoms with van der Waals surface area (Å²) in [5, 5.41) is 12.9. The van der Waals surface area contributed by atoms with Gasteiger partial charge in [-0.05, 0) is 118 Å². The molecule has 1 amide bonds. The highest BCUT2D eigenvalue weighted by atomic mass is 32.2. The van der Waals surface area contributed by atoms with Crippen molar-refractivity contribution >= 4 is 21.7 Å². The van der Waals surface area contributed by atoms with Crippen molar-refractivity contribution in [2.75, 3.05) is 0 Å². The van der Waals surface area contributed by atoms with Gasteiger partial charge in [0.15, 0.2) is 9.84 Å². The second-order valence-electron chi connectivity index (χ2n) is 13.4. The van der Waals surface area contributed by atoms with Gasteiger partial charge in [0.2, 0.25) is 11.6 Å². The van der Waals surface area contributed by atoms with Crippen molar-refractivity contribution < 1.29 is 45.1 Å². The first kappa shape index (κ1) is 31.0. The number of alkyl halides is 4. The summed E-state index contributed by atoms with van der Waals surface area (Å²) in [5.74, 6) is -3.25. The number of aryl methyl sites for hydroxylation is 1. The van der Waals surface area contributed by atoms with E-state index in [0.717, 1.165) is 36.4 Å². The van der Waals surface area contributed by atoms with Crippen LogP contribution in [0.1, 0.15) is 81.4 Å². The van der Waals surface area contributed by atoms with E-state index in [1.54, 1.807) is 0 Å². The van der Waals surface area contributed by atoms with Crippen molar-refractivity contribution in [2.24, 2.45) is 17.3 Å². The smallest absolute Gasteiger partial charge is 0.426 e. The standard InChI is InChI=1S/C32H34F5NO5S/c1-28(34,32(35,36)37)20-3-9-24-19(18-20)2-8-25-23(10-11-31(24,25)44(42,43)22-6-4-21(33)5-7-22)26(39)38-30-15-12-29(13-16-30,14-17-30)27(40)41/h3-7,9,18,23,25H,2,8,10-17H2,1H3,(H,38,39)(H,40,41)/t23-,25+,28?,29?,30?,31-/m1/s1. The van der Waals surface area contributed by atoms with E-state index in [-0.39, 0.29) is 47.6 Å². The van der Waals surface area contributed by atoms with E-state index in [2.05, 4.69) is 5.32 Å². The van der Waals surface area contributed by atoms with Gasteiger partial charge in [-0.3, -0.25) is 9.59 Å². The summed E-state index contributed by atoms with van der Waals surface area (Å²) >= 11 is 0. The molecule has 5 aliphatic carbocycles. The van der Waals surface area contributed by atoms with E-state index in [9.17, 15) is 45.1 Å². The van der Waals surface area contributed by atoms with Gasteiger partial charge in [-0.2, -0.15) is 13.2 Å². The van der Waals surface area contributed by atoms with Crippen LogP contribution in [-0.2, 0) is 36.3 Å². The topological polar surface area (TPSA) is 101 Å². The first-order valence-electron chi connectivity index (χ1n) is 14.9. The van der Waals surface area contributed by atoms with Crippen LogP contribution in [0.4, 0.5) is 22.0 Å². The number of hydrogen-bond donors (Lipinski definition) is 2. The average molecular weight is 640 g/mol. The lowest BCUT2D eigenvalue weighted by atomic mass is 9.57. The molecule has 4 atom stereocenters. The van der Waals surface area contributed by atoms with Crippen LogP contribution in [0.3, 0.4) is 0 Å². The van der Waals surface area contributed by atoms with Crippen molar-refractivity contribution in [3.63, 3.8) is 0 Å². The SMILES string of the molecule is CC(F)(c1ccc2c(c1)CC[C@H]1[C@H](C(=O)NC34CCC(C(=O)O)(CC3)CC4)CC[C@@]21S(=O)(=O)c1ccc(F)cc1)C(F)(F)F. The third kappa shape index (κ3) is 4.41. The molecule has 2 bridgehead atoms. The molecule has 2 N–H and O–H groups in total. The highest BCUT2D eigenvalue weighted by Crippen LogP contribution is 2.60. The van der Waals surface area contributed by atoms with Gasteiger partial charge in [0, 0.05) is 11.5 Å². The van der Waals surface area contributed by atoms with Crippen LogP contribution in [0.2, 0.25) is 0 Å². The highest BCUT2D eigenvalue weighted by Gasteiger charge is 2.63. The van der Waals surface area contributed by atoms with E-state index in [1.165, 1.54) is 6.07 Å². The fourth-order valence-corrected chi connectivity index (χ4v) is 11.0. The second kappa shape index (κ2) is 9.99. The number of benzene rings is 2. The molecule has 6 nitrogen and oxygen atoms in total. The zero-order valence-electron chi connectivity index (χ0n) is 24.1. The maximum atomic E-state index is 15.0. The normalized spacial score (nSPS) is 32.8. The van der Waals surface area contributed by atoms with Crippen LogP contribution >= 0.6 is 0 Å². The zero-order chi connectivity index (χ0) is 31.9. The molecule has 4 saturated carbocycles. The Balaban J connectivity index is 1.39. The van der Waals surface area contributed by atoms with E-state index in [0.29, 0.717) is 45.4 Å². The van der Waals surface area contributed by atoms with Crippen LogP contribution in [0.15, 0.2) is 47.4 Å². The maximum absolute atomic E-state index is 15.0. The van der Waals surface area contributed by atoms with E-state index >= 15 is 0 Å². The van der Waals surface area contributed by atoms with Crippen LogP contribution < -0.4 is 5.32 Å². The minimum atomic E-state index is -5.19. The minimum absolute atomic E-state index is 0.00307. The number of nitrogens with one attached hydrogen (secondary N) is 1. The van der Waals surface area contributed by atoms with Crippen molar-refractivity contribution in [3.05, 3.63) is 65.0 Å². The number of carbonyl (C=O) groups is 2. The quantitative estimate of drug-likeness (QED) is 0.278. The fraction of sp³-hybridized carbons (Fsp3) is 0.562. The number of carbonyl (C=O) groups excluding carboxylic acids is 1. The summed E-state index contributed by atoms with van der Waals surface area (Å²) < 4.78 is 96.8. The second-order valence-corrected chi connectivity index (χ2v) is 15.6. The van der Waals surface area contributed by atoms with Crippen LogP contribution in [0, 0.1) is 23.1 Å². The number of carboxylic acids is 1. The largest absolute Gasteiger partial charge is 0.481 e. The molecule has 2 aromatic rings. The van der Waals surface area contributed by atoms with E-state index < -0.39 is 66.6 Å². The molecule has 5 aliphatic rings. The minimum Gasteiger partial charge on any atom is -0.481 e. The molecule has 0 radical (unpaired) electrons. The molecule has 0 saturated heterocycles. The highest BCUT2D eigenvalue weighted by molar-refractivity contribution is 7.92. The van der Waals surface area contributed by atoms with Crippen LogP contribution in [0.5, 0.6) is 0 Å². The predicted octanol–water partition coefficient (Wildman–Crippen LogP) is 6.51. The molecule has 44 heavy (non-hydrogen) atoms. The van der Waals surface area contributed by atoms with Crippen molar-refractivity contribution in [1.82, 2.24) is 5.32 Å². The third-order valence-corrected chi connectivity index (χ3v) is 13.9. The molecular formula is C32H34F5NO5S. The van der Waals surface area contributed by atoms with Crippen LogP contribution in [0.25, 0.3) is 0 Å². The molecule has 238 valence electrons.